The predicted octanol–water partition coefficient (Wildman–Crippen LogP) is 2.07. The van der Waals surface area contributed by atoms with Crippen molar-refractivity contribution in [1.29, 1.82) is 0 Å². The Morgan fingerprint density at radius 1 is 1.19 bits per heavy atom. The number of fused-ring (bicyclic) bond motifs is 1. The second-order valence-corrected chi connectivity index (χ2v) is 9.02. The minimum atomic E-state index is -0.659. The number of benzene rings is 1. The largest absolute Gasteiger partial charge is 0.493 e. The lowest BCUT2D eigenvalue weighted by atomic mass is 9.84. The van der Waals surface area contributed by atoms with Gasteiger partial charge in [-0.05, 0) is 24.5 Å². The number of hydrogen-bond donors (Lipinski definition) is 2. The summed E-state index contributed by atoms with van der Waals surface area (Å²) in [7, 11) is 4.54. The molecule has 3 aromatic rings. The number of nitrogens with one attached hydrogen (secondary N) is 1. The molecular formula is C24H33ClN6O6. The molecule has 12 nitrogen and oxygen atoms in total. The molecule has 0 atom stereocenters. The molecule has 0 unspecified atom stereocenters. The van der Waals surface area contributed by atoms with Gasteiger partial charge in [0.05, 0.1) is 13.7 Å². The third-order valence-electron chi connectivity index (χ3n) is 5.36. The van der Waals surface area contributed by atoms with Crippen LogP contribution in [0, 0.1) is 6.92 Å². The molecule has 3 rings (SSSR count). The van der Waals surface area contributed by atoms with Crippen molar-refractivity contribution in [2.75, 3.05) is 34.4 Å². The zero-order valence-electron chi connectivity index (χ0n) is 22.0. The predicted molar refractivity (Wildman–Crippen MR) is 138 cm³/mol. The fourth-order valence-electron chi connectivity index (χ4n) is 3.65. The molecule has 202 valence electrons. The number of nitrogens with zero attached hydrogens (tertiary/aromatic N) is 5. The monoisotopic (exact) mass is 536 g/mol. The van der Waals surface area contributed by atoms with E-state index in [2.05, 4.69) is 20.5 Å². The molecule has 1 aromatic carbocycles. The lowest BCUT2D eigenvalue weighted by Crippen LogP contribution is -2.28. The van der Waals surface area contributed by atoms with E-state index in [1.54, 1.807) is 32.2 Å². The lowest BCUT2D eigenvalue weighted by Gasteiger charge is -2.25. The standard InChI is InChI=1S/C24H32N6O6.ClH/c1-14-10-19(36-23(33)26-6)27-30-21(14)28-29(22(30)25-5)13-17(32)15-11-16(24(2,3)4)20(34-7)18(12-15)35-9-8-31;/h10-12,31H,8-9,13H2,1-7H3,(H,26,33);1H. The van der Waals surface area contributed by atoms with Crippen molar-refractivity contribution >= 4 is 29.9 Å². The van der Waals surface area contributed by atoms with Crippen molar-refractivity contribution in [1.82, 2.24) is 24.7 Å². The van der Waals surface area contributed by atoms with Crippen LogP contribution in [0.25, 0.3) is 5.65 Å². The van der Waals surface area contributed by atoms with Crippen molar-refractivity contribution in [3.63, 3.8) is 0 Å². The number of methoxy groups -OCH3 is 1. The van der Waals surface area contributed by atoms with Gasteiger partial charge in [0.1, 0.15) is 13.2 Å². The normalized spacial score (nSPS) is 11.7. The van der Waals surface area contributed by atoms with Crippen LogP contribution in [-0.2, 0) is 12.0 Å². The first-order valence-corrected chi connectivity index (χ1v) is 11.3. The molecule has 37 heavy (non-hydrogen) atoms. The Morgan fingerprint density at radius 2 is 1.89 bits per heavy atom. The second-order valence-electron chi connectivity index (χ2n) is 9.02. The number of Topliss-reactive ketones (excluding diaryl/α,β-unsaturated/α-hetero) is 1. The zero-order valence-corrected chi connectivity index (χ0v) is 22.8. The first-order chi connectivity index (χ1) is 17.0. The number of aliphatic hydroxyl groups is 1. The number of aromatic nitrogens is 4. The molecule has 0 bridgehead atoms. The van der Waals surface area contributed by atoms with Crippen LogP contribution in [0.3, 0.4) is 0 Å². The highest BCUT2D eigenvalue weighted by Crippen LogP contribution is 2.39. The summed E-state index contributed by atoms with van der Waals surface area (Å²) >= 11 is 0. The number of ether oxygens (including phenoxy) is 3. The fraction of sp³-hybridized carbons (Fsp3) is 0.458. The minimum Gasteiger partial charge on any atom is -0.493 e. The third-order valence-corrected chi connectivity index (χ3v) is 5.36. The number of aliphatic hydroxyl groups excluding tert-OH is 1. The number of carbonyl (C=O) groups is 2. The van der Waals surface area contributed by atoms with E-state index < -0.39 is 6.09 Å². The van der Waals surface area contributed by atoms with Crippen LogP contribution in [-0.4, -0.2) is 70.8 Å². The highest BCUT2D eigenvalue weighted by molar-refractivity contribution is 5.97. The second kappa shape index (κ2) is 12.1. The SMILES string of the molecule is CN=c1n(CC(=O)c2cc(OCCO)c(OC)c(C(C)(C)C)c2)nc2c(C)cc(OC(=O)NC)nn12.Cl. The Balaban J connectivity index is 0.00000481. The van der Waals surface area contributed by atoms with Crippen LogP contribution in [0.15, 0.2) is 23.2 Å². The molecule has 0 fully saturated rings. The third kappa shape index (κ3) is 6.38. The summed E-state index contributed by atoms with van der Waals surface area (Å²) in [6.07, 6.45) is -0.659. The maximum absolute atomic E-state index is 13.4. The van der Waals surface area contributed by atoms with E-state index in [0.717, 1.165) is 5.56 Å². The van der Waals surface area contributed by atoms with Crippen LogP contribution in [0.1, 0.15) is 42.3 Å². The molecule has 0 radical (unpaired) electrons. The molecule has 0 aliphatic rings. The Morgan fingerprint density at radius 3 is 2.46 bits per heavy atom. The van der Waals surface area contributed by atoms with Crippen LogP contribution in [0.2, 0.25) is 0 Å². The van der Waals surface area contributed by atoms with E-state index in [1.807, 2.05) is 20.8 Å². The number of ketones is 1. The molecule has 0 saturated heterocycles. The van der Waals surface area contributed by atoms with Gasteiger partial charge >= 0.3 is 6.09 Å². The molecular weight excluding hydrogens is 504 g/mol. The minimum absolute atomic E-state index is 0. The van der Waals surface area contributed by atoms with Crippen LogP contribution < -0.4 is 25.1 Å². The summed E-state index contributed by atoms with van der Waals surface area (Å²) in [5.74, 6) is 0.711. The van der Waals surface area contributed by atoms with E-state index in [9.17, 15) is 14.7 Å². The molecule has 1 amide bonds. The Hall–Kier alpha value is -3.64. The highest BCUT2D eigenvalue weighted by Gasteiger charge is 2.25. The number of halogens is 1. The van der Waals surface area contributed by atoms with E-state index >= 15 is 0 Å². The molecule has 0 aliphatic carbocycles. The van der Waals surface area contributed by atoms with E-state index in [-0.39, 0.29) is 49.2 Å². The molecule has 2 aromatic heterocycles. The van der Waals surface area contributed by atoms with Gasteiger partial charge in [-0.2, -0.15) is 4.52 Å². The van der Waals surface area contributed by atoms with Gasteiger partial charge in [-0.25, -0.2) is 9.48 Å². The van der Waals surface area contributed by atoms with Crippen LogP contribution in [0.5, 0.6) is 17.4 Å². The number of rotatable bonds is 8. The topological polar surface area (TPSA) is 142 Å². The molecule has 0 saturated carbocycles. The quantitative estimate of drug-likeness (QED) is 0.417. The summed E-state index contributed by atoms with van der Waals surface area (Å²) < 4.78 is 19.3. The van der Waals surface area contributed by atoms with E-state index in [0.29, 0.717) is 33.9 Å². The highest BCUT2D eigenvalue weighted by atomic mass is 35.5. The van der Waals surface area contributed by atoms with Gasteiger partial charge in [-0.3, -0.25) is 9.79 Å². The van der Waals surface area contributed by atoms with Gasteiger partial charge in [0.2, 0.25) is 11.5 Å². The summed E-state index contributed by atoms with van der Waals surface area (Å²) in [5.41, 5.74) is 2.28. The van der Waals surface area contributed by atoms with Gasteiger partial charge in [0.15, 0.2) is 22.9 Å². The first-order valence-electron chi connectivity index (χ1n) is 11.3. The molecule has 2 N–H and O–H groups in total. The maximum Gasteiger partial charge on any atom is 0.413 e. The van der Waals surface area contributed by atoms with Crippen molar-refractivity contribution in [2.45, 2.75) is 39.7 Å². The van der Waals surface area contributed by atoms with Crippen molar-refractivity contribution in [2.24, 2.45) is 4.99 Å². The zero-order chi connectivity index (χ0) is 26.6. The van der Waals surface area contributed by atoms with Gasteiger partial charge in [0.25, 0.3) is 0 Å². The van der Waals surface area contributed by atoms with E-state index in [1.165, 1.54) is 23.4 Å². The summed E-state index contributed by atoms with van der Waals surface area (Å²) in [4.78, 5) is 29.3. The summed E-state index contributed by atoms with van der Waals surface area (Å²) in [5, 5.41) is 20.4. The maximum atomic E-state index is 13.4. The van der Waals surface area contributed by atoms with Crippen molar-refractivity contribution in [3.8, 4) is 17.4 Å². The summed E-state index contributed by atoms with van der Waals surface area (Å²) in [6.45, 7) is 7.56. The van der Waals surface area contributed by atoms with E-state index in [4.69, 9.17) is 14.2 Å². The molecule has 0 aliphatic heterocycles. The van der Waals surface area contributed by atoms with Crippen LogP contribution in [0.4, 0.5) is 4.79 Å². The molecule has 0 spiro atoms. The number of hydrogen-bond acceptors (Lipinski definition) is 9. The fourth-order valence-corrected chi connectivity index (χ4v) is 3.65. The molecule has 13 heteroatoms. The smallest absolute Gasteiger partial charge is 0.413 e. The van der Waals surface area contributed by atoms with Gasteiger partial charge < -0.3 is 24.6 Å². The van der Waals surface area contributed by atoms with Crippen LogP contribution >= 0.6 is 12.4 Å². The Kier molecular flexibility index (Phi) is 9.65. The summed E-state index contributed by atoms with van der Waals surface area (Å²) in [6, 6.07) is 4.96. The average Bonchev–Trinajstić information content (AvgIpc) is 3.18. The van der Waals surface area contributed by atoms with Gasteiger partial charge in [0, 0.05) is 36.9 Å². The average molecular weight is 537 g/mol. The molecule has 2 heterocycles. The Labute approximate surface area is 220 Å². The Bertz CT molecular complexity index is 1360. The van der Waals surface area contributed by atoms with Gasteiger partial charge in [-0.1, -0.05) is 20.8 Å². The lowest BCUT2D eigenvalue weighted by molar-refractivity contribution is 0.0965. The van der Waals surface area contributed by atoms with Gasteiger partial charge in [-0.15, -0.1) is 22.6 Å². The number of amides is 1. The number of carbonyl (C=O) groups excluding carboxylic acids is 2. The first kappa shape index (κ1) is 29.6. The number of aryl methyl sites for hydroxylation is 1. The van der Waals surface area contributed by atoms with Crippen molar-refractivity contribution < 1.29 is 28.9 Å². The van der Waals surface area contributed by atoms with Crippen molar-refractivity contribution in [3.05, 3.63) is 40.5 Å².